The molecule has 160 valence electrons. The van der Waals surface area contributed by atoms with Gasteiger partial charge in [-0.25, -0.2) is 4.98 Å². The van der Waals surface area contributed by atoms with Crippen molar-refractivity contribution in [2.75, 3.05) is 6.54 Å². The number of amides is 2. The number of imidazole rings is 1. The van der Waals surface area contributed by atoms with E-state index in [-0.39, 0.29) is 11.8 Å². The Morgan fingerprint density at radius 2 is 1.94 bits per heavy atom. The molecule has 5 rings (SSSR count). The summed E-state index contributed by atoms with van der Waals surface area (Å²) in [5, 5.41) is 2.98. The minimum absolute atomic E-state index is 0.0276. The lowest BCUT2D eigenvalue weighted by atomic mass is 9.94. The van der Waals surface area contributed by atoms with Crippen LogP contribution in [0.1, 0.15) is 64.2 Å². The summed E-state index contributed by atoms with van der Waals surface area (Å²) in [6.07, 6.45) is 5.86. The van der Waals surface area contributed by atoms with Crippen molar-refractivity contribution in [2.45, 2.75) is 58.2 Å². The summed E-state index contributed by atoms with van der Waals surface area (Å²) in [6.45, 7) is 4.01. The fourth-order valence-corrected chi connectivity index (χ4v) is 4.95. The first-order valence-corrected chi connectivity index (χ1v) is 11.2. The van der Waals surface area contributed by atoms with Gasteiger partial charge in [-0.1, -0.05) is 49.1 Å². The average molecular weight is 417 g/mol. The molecule has 2 aromatic carbocycles. The largest absolute Gasteiger partial charge is 0.348 e. The van der Waals surface area contributed by atoms with E-state index in [2.05, 4.69) is 16.4 Å². The van der Waals surface area contributed by atoms with Gasteiger partial charge < -0.3 is 14.8 Å². The summed E-state index contributed by atoms with van der Waals surface area (Å²) in [4.78, 5) is 32.5. The van der Waals surface area contributed by atoms with Crippen molar-refractivity contribution in [1.82, 2.24) is 19.8 Å². The molecule has 6 nitrogen and oxygen atoms in total. The highest BCUT2D eigenvalue weighted by Crippen LogP contribution is 2.28. The van der Waals surface area contributed by atoms with Gasteiger partial charge in [0.25, 0.3) is 11.8 Å². The third-order valence-corrected chi connectivity index (χ3v) is 6.58. The Morgan fingerprint density at radius 1 is 1.10 bits per heavy atom. The number of benzene rings is 2. The van der Waals surface area contributed by atoms with E-state index in [1.54, 1.807) is 6.07 Å². The third-order valence-electron chi connectivity index (χ3n) is 6.58. The number of rotatable bonds is 4. The van der Waals surface area contributed by atoms with Crippen LogP contribution in [-0.4, -0.2) is 38.9 Å². The second kappa shape index (κ2) is 8.17. The fourth-order valence-electron chi connectivity index (χ4n) is 4.95. The Balaban J connectivity index is 1.35. The molecule has 0 unspecified atom stereocenters. The van der Waals surface area contributed by atoms with Crippen LogP contribution in [0.25, 0.3) is 11.0 Å². The average Bonchev–Trinajstić information content (AvgIpc) is 3.17. The number of hydrogen-bond donors (Lipinski definition) is 1. The molecule has 0 spiro atoms. The van der Waals surface area contributed by atoms with E-state index >= 15 is 0 Å². The van der Waals surface area contributed by atoms with Crippen LogP contribution in [0, 0.1) is 6.92 Å². The molecular weight excluding hydrogens is 388 g/mol. The lowest BCUT2D eigenvalue weighted by Crippen LogP contribution is -2.47. The number of carbonyl (C=O) groups is 2. The first-order chi connectivity index (χ1) is 15.1. The summed E-state index contributed by atoms with van der Waals surface area (Å²) in [7, 11) is 0. The zero-order valence-electron chi connectivity index (χ0n) is 17.9. The number of aromatic nitrogens is 2. The van der Waals surface area contributed by atoms with Crippen molar-refractivity contribution in [2.24, 2.45) is 0 Å². The normalized spacial score (nSPS) is 17.1. The number of nitrogens with one attached hydrogen (secondary N) is 1. The quantitative estimate of drug-likeness (QED) is 0.697. The van der Waals surface area contributed by atoms with Gasteiger partial charge in [0.2, 0.25) is 0 Å². The van der Waals surface area contributed by atoms with E-state index in [1.807, 2.05) is 46.7 Å². The smallest absolute Gasteiger partial charge is 0.290 e. The van der Waals surface area contributed by atoms with Gasteiger partial charge in [-0.15, -0.1) is 0 Å². The highest BCUT2D eigenvalue weighted by molar-refractivity contribution is 6.00. The first kappa shape index (κ1) is 19.8. The molecule has 0 saturated heterocycles. The summed E-state index contributed by atoms with van der Waals surface area (Å²) >= 11 is 0. The molecule has 3 aromatic rings. The Morgan fingerprint density at radius 3 is 2.74 bits per heavy atom. The van der Waals surface area contributed by atoms with E-state index in [9.17, 15) is 9.59 Å². The molecule has 2 aliphatic rings. The van der Waals surface area contributed by atoms with Crippen molar-refractivity contribution in [3.05, 3.63) is 65.0 Å². The maximum Gasteiger partial charge on any atom is 0.290 e. The highest BCUT2D eigenvalue weighted by atomic mass is 16.2. The monoisotopic (exact) mass is 416 g/mol. The molecule has 1 saturated carbocycles. The van der Waals surface area contributed by atoms with Gasteiger partial charge in [0.1, 0.15) is 0 Å². The maximum absolute atomic E-state index is 13.2. The molecule has 1 aliphatic carbocycles. The number of aryl methyl sites for hydroxylation is 1. The van der Waals surface area contributed by atoms with E-state index in [0.717, 1.165) is 37.0 Å². The molecule has 2 amide bonds. The van der Waals surface area contributed by atoms with Gasteiger partial charge in [0.15, 0.2) is 5.82 Å². The first-order valence-electron chi connectivity index (χ1n) is 11.2. The van der Waals surface area contributed by atoms with Gasteiger partial charge in [-0.3, -0.25) is 9.59 Å². The third kappa shape index (κ3) is 3.82. The second-order valence-electron chi connectivity index (χ2n) is 8.75. The summed E-state index contributed by atoms with van der Waals surface area (Å²) in [6, 6.07) is 14.0. The minimum Gasteiger partial charge on any atom is -0.348 e. The Kier molecular flexibility index (Phi) is 5.22. The van der Waals surface area contributed by atoms with Crippen molar-refractivity contribution >= 4 is 22.8 Å². The van der Waals surface area contributed by atoms with Gasteiger partial charge in [0, 0.05) is 31.2 Å². The Bertz CT molecular complexity index is 1140. The van der Waals surface area contributed by atoms with Gasteiger partial charge in [-0.2, -0.15) is 0 Å². The molecule has 1 N–H and O–H groups in total. The molecule has 1 aromatic heterocycles. The van der Waals surface area contributed by atoms with Crippen molar-refractivity contribution in [3.8, 4) is 0 Å². The molecule has 6 heteroatoms. The summed E-state index contributed by atoms with van der Waals surface area (Å²) in [5.74, 6) is 0.397. The number of hydrogen-bond acceptors (Lipinski definition) is 3. The second-order valence-corrected chi connectivity index (χ2v) is 8.75. The SMILES string of the molecule is Cc1cccc(CNC(=O)c2ccc3c(c2)nc2n3CCN(C3CCCCC3)C2=O)c1. The van der Waals surface area contributed by atoms with Crippen LogP contribution < -0.4 is 5.32 Å². The predicted molar refractivity (Wildman–Crippen MR) is 120 cm³/mol. The molecule has 1 fully saturated rings. The molecule has 0 atom stereocenters. The molecule has 0 bridgehead atoms. The zero-order valence-corrected chi connectivity index (χ0v) is 17.9. The molecule has 2 heterocycles. The standard InChI is InChI=1S/C25H28N4O2/c1-17-6-5-7-18(14-17)16-26-24(30)19-10-11-22-21(15-19)27-23-25(31)28(12-13-29(22)23)20-8-3-2-4-9-20/h5-7,10-11,14-15,20H,2-4,8-9,12-13,16H2,1H3,(H,26,30). The van der Waals surface area contributed by atoms with Gasteiger partial charge in [-0.05, 0) is 43.5 Å². The van der Waals surface area contributed by atoms with Crippen LogP contribution in [0.4, 0.5) is 0 Å². The maximum atomic E-state index is 13.2. The van der Waals surface area contributed by atoms with E-state index < -0.39 is 0 Å². The molecule has 0 radical (unpaired) electrons. The topological polar surface area (TPSA) is 67.2 Å². The number of carbonyl (C=O) groups excluding carboxylic acids is 2. The van der Waals surface area contributed by atoms with Crippen molar-refractivity contribution < 1.29 is 9.59 Å². The lowest BCUT2D eigenvalue weighted by Gasteiger charge is -2.36. The Labute approximate surface area is 182 Å². The summed E-state index contributed by atoms with van der Waals surface area (Å²) < 4.78 is 2.01. The van der Waals surface area contributed by atoms with Gasteiger partial charge >= 0.3 is 0 Å². The minimum atomic E-state index is -0.135. The van der Waals surface area contributed by atoms with E-state index in [0.29, 0.717) is 29.5 Å². The zero-order chi connectivity index (χ0) is 21.4. The van der Waals surface area contributed by atoms with Crippen LogP contribution in [0.15, 0.2) is 42.5 Å². The predicted octanol–water partition coefficient (Wildman–Crippen LogP) is 4.06. The van der Waals surface area contributed by atoms with Crippen LogP contribution >= 0.6 is 0 Å². The van der Waals surface area contributed by atoms with E-state index in [1.165, 1.54) is 24.8 Å². The summed E-state index contributed by atoms with van der Waals surface area (Å²) in [5.41, 5.74) is 4.43. The highest BCUT2D eigenvalue weighted by Gasteiger charge is 2.33. The fraction of sp³-hybridized carbons (Fsp3) is 0.400. The number of fused-ring (bicyclic) bond motifs is 3. The molecule has 31 heavy (non-hydrogen) atoms. The van der Waals surface area contributed by atoms with Crippen molar-refractivity contribution in [1.29, 1.82) is 0 Å². The van der Waals surface area contributed by atoms with Crippen LogP contribution in [0.3, 0.4) is 0 Å². The number of nitrogens with zero attached hydrogens (tertiary/aromatic N) is 3. The van der Waals surface area contributed by atoms with Crippen LogP contribution in [-0.2, 0) is 13.1 Å². The van der Waals surface area contributed by atoms with Crippen LogP contribution in [0.2, 0.25) is 0 Å². The lowest BCUT2D eigenvalue weighted by molar-refractivity contribution is 0.0566. The van der Waals surface area contributed by atoms with Crippen molar-refractivity contribution in [3.63, 3.8) is 0 Å². The van der Waals surface area contributed by atoms with E-state index in [4.69, 9.17) is 0 Å². The molecule has 1 aliphatic heterocycles. The van der Waals surface area contributed by atoms with Gasteiger partial charge in [0.05, 0.1) is 11.0 Å². The Hall–Kier alpha value is -3.15. The van der Waals surface area contributed by atoms with Crippen LogP contribution in [0.5, 0.6) is 0 Å². The molecular formula is C25H28N4O2.